The molecule has 1 aliphatic carbocycles. The molecule has 1 aliphatic rings. The molecule has 1 aromatic rings. The highest BCUT2D eigenvalue weighted by Crippen LogP contribution is 2.28. The Labute approximate surface area is 107 Å². The van der Waals surface area contributed by atoms with Gasteiger partial charge in [0, 0.05) is 18.2 Å². The monoisotopic (exact) mass is 249 g/mol. The number of carbonyl (C=O) groups excluding carboxylic acids is 1. The molecule has 1 aromatic carbocycles. The van der Waals surface area contributed by atoms with E-state index in [2.05, 4.69) is 5.32 Å². The zero-order chi connectivity index (χ0) is 13.0. The van der Waals surface area contributed by atoms with Crippen LogP contribution in [-0.2, 0) is 9.53 Å². The zero-order valence-corrected chi connectivity index (χ0v) is 10.8. The molecule has 98 valence electrons. The molecule has 4 nitrogen and oxygen atoms in total. The van der Waals surface area contributed by atoms with Crippen LogP contribution in [-0.4, -0.2) is 32.8 Å². The van der Waals surface area contributed by atoms with E-state index < -0.39 is 0 Å². The van der Waals surface area contributed by atoms with Crippen LogP contribution in [0, 0.1) is 0 Å². The molecule has 0 aliphatic heterocycles. The summed E-state index contributed by atoms with van der Waals surface area (Å²) in [6, 6.07) is 8.14. The van der Waals surface area contributed by atoms with Gasteiger partial charge in [0.05, 0.1) is 20.1 Å². The zero-order valence-electron chi connectivity index (χ0n) is 10.8. The highest BCUT2D eigenvalue weighted by atomic mass is 16.5. The molecule has 0 amide bonds. The van der Waals surface area contributed by atoms with Crippen LogP contribution in [0.2, 0.25) is 0 Å². The van der Waals surface area contributed by atoms with E-state index in [1.165, 1.54) is 20.0 Å². The Morgan fingerprint density at radius 3 is 2.72 bits per heavy atom. The van der Waals surface area contributed by atoms with Gasteiger partial charge in [-0.15, -0.1) is 0 Å². The second kappa shape index (κ2) is 5.87. The standard InChI is InChI=1S/C14H19NO3/c1-17-13-6-4-3-5-11(13)12(14(16)18-2)9-15-10-7-8-10/h3-6,10,12,15H,7-9H2,1-2H3. The second-order valence-corrected chi connectivity index (χ2v) is 4.50. The molecular formula is C14H19NO3. The number of methoxy groups -OCH3 is 2. The molecule has 0 spiro atoms. The average Bonchev–Trinajstić information content (AvgIpc) is 3.23. The van der Waals surface area contributed by atoms with E-state index in [0.29, 0.717) is 12.6 Å². The first-order valence-electron chi connectivity index (χ1n) is 6.20. The Morgan fingerprint density at radius 2 is 2.11 bits per heavy atom. The molecule has 18 heavy (non-hydrogen) atoms. The van der Waals surface area contributed by atoms with Gasteiger partial charge >= 0.3 is 5.97 Å². The van der Waals surface area contributed by atoms with Crippen LogP contribution in [0.1, 0.15) is 24.3 Å². The van der Waals surface area contributed by atoms with Gasteiger partial charge in [0.2, 0.25) is 0 Å². The van der Waals surface area contributed by atoms with Crippen molar-refractivity contribution in [3.05, 3.63) is 29.8 Å². The summed E-state index contributed by atoms with van der Waals surface area (Å²) in [6.07, 6.45) is 2.39. The molecule has 0 aromatic heterocycles. The Balaban J connectivity index is 2.17. The fraction of sp³-hybridized carbons (Fsp3) is 0.500. The summed E-state index contributed by atoms with van der Waals surface area (Å²) in [5, 5.41) is 3.37. The lowest BCUT2D eigenvalue weighted by Gasteiger charge is -2.18. The molecule has 1 atom stereocenters. The lowest BCUT2D eigenvalue weighted by atomic mass is 9.98. The van der Waals surface area contributed by atoms with E-state index in [-0.39, 0.29) is 11.9 Å². The highest BCUT2D eigenvalue weighted by molar-refractivity contribution is 5.79. The number of nitrogens with one attached hydrogen (secondary N) is 1. The summed E-state index contributed by atoms with van der Waals surface area (Å²) in [6.45, 7) is 0.595. The van der Waals surface area contributed by atoms with Crippen molar-refractivity contribution in [1.29, 1.82) is 0 Å². The van der Waals surface area contributed by atoms with E-state index in [1.54, 1.807) is 7.11 Å². The van der Waals surface area contributed by atoms with Crippen LogP contribution >= 0.6 is 0 Å². The van der Waals surface area contributed by atoms with Crippen LogP contribution < -0.4 is 10.1 Å². The Morgan fingerprint density at radius 1 is 1.39 bits per heavy atom. The lowest BCUT2D eigenvalue weighted by molar-refractivity contribution is -0.142. The van der Waals surface area contributed by atoms with Crippen molar-refractivity contribution >= 4 is 5.97 Å². The number of para-hydroxylation sites is 1. The summed E-state index contributed by atoms with van der Waals surface area (Å²) in [4.78, 5) is 11.9. The second-order valence-electron chi connectivity index (χ2n) is 4.50. The summed E-state index contributed by atoms with van der Waals surface area (Å²) >= 11 is 0. The number of hydrogen-bond acceptors (Lipinski definition) is 4. The third-order valence-electron chi connectivity index (χ3n) is 3.19. The minimum absolute atomic E-state index is 0.229. The largest absolute Gasteiger partial charge is 0.496 e. The molecular weight excluding hydrogens is 230 g/mol. The normalized spacial score (nSPS) is 16.1. The smallest absolute Gasteiger partial charge is 0.314 e. The van der Waals surface area contributed by atoms with Gasteiger partial charge in [0.15, 0.2) is 0 Å². The Bertz CT molecular complexity index is 415. The van der Waals surface area contributed by atoms with Crippen LogP contribution in [0.25, 0.3) is 0 Å². The summed E-state index contributed by atoms with van der Waals surface area (Å²) in [5.41, 5.74) is 0.875. The average molecular weight is 249 g/mol. The minimum atomic E-state index is -0.313. The van der Waals surface area contributed by atoms with Crippen molar-refractivity contribution in [3.8, 4) is 5.75 Å². The van der Waals surface area contributed by atoms with Crippen LogP contribution in [0.15, 0.2) is 24.3 Å². The first-order chi connectivity index (χ1) is 8.76. The van der Waals surface area contributed by atoms with Crippen molar-refractivity contribution in [2.45, 2.75) is 24.8 Å². The number of benzene rings is 1. The predicted octanol–water partition coefficient (Wildman–Crippen LogP) is 1.70. The summed E-state index contributed by atoms with van der Waals surface area (Å²) < 4.78 is 10.2. The number of rotatable bonds is 6. The van der Waals surface area contributed by atoms with Crippen molar-refractivity contribution in [1.82, 2.24) is 5.32 Å². The number of esters is 1. The molecule has 1 unspecified atom stereocenters. The molecule has 0 bridgehead atoms. The van der Waals surface area contributed by atoms with Crippen LogP contribution in [0.4, 0.5) is 0 Å². The first kappa shape index (κ1) is 12.9. The molecule has 4 heteroatoms. The maximum Gasteiger partial charge on any atom is 0.314 e. The third kappa shape index (κ3) is 3.01. The van der Waals surface area contributed by atoms with E-state index in [4.69, 9.17) is 9.47 Å². The number of carbonyl (C=O) groups is 1. The van der Waals surface area contributed by atoms with E-state index in [0.717, 1.165) is 11.3 Å². The van der Waals surface area contributed by atoms with Crippen LogP contribution in [0.3, 0.4) is 0 Å². The molecule has 0 radical (unpaired) electrons. The maximum atomic E-state index is 11.9. The molecule has 0 saturated heterocycles. The highest BCUT2D eigenvalue weighted by Gasteiger charge is 2.28. The number of ether oxygens (including phenoxy) is 2. The van der Waals surface area contributed by atoms with Gasteiger partial charge in [-0.25, -0.2) is 0 Å². The first-order valence-corrected chi connectivity index (χ1v) is 6.20. The fourth-order valence-corrected chi connectivity index (χ4v) is 1.99. The molecule has 1 fully saturated rings. The van der Waals surface area contributed by atoms with E-state index >= 15 is 0 Å². The van der Waals surface area contributed by atoms with Gasteiger partial charge in [-0.2, -0.15) is 0 Å². The van der Waals surface area contributed by atoms with E-state index in [9.17, 15) is 4.79 Å². The Hall–Kier alpha value is -1.55. The minimum Gasteiger partial charge on any atom is -0.496 e. The predicted molar refractivity (Wildman–Crippen MR) is 68.8 cm³/mol. The van der Waals surface area contributed by atoms with Gasteiger partial charge in [-0.3, -0.25) is 4.79 Å². The van der Waals surface area contributed by atoms with Crippen LogP contribution in [0.5, 0.6) is 5.75 Å². The maximum absolute atomic E-state index is 11.9. The van der Waals surface area contributed by atoms with Crippen molar-refractivity contribution in [3.63, 3.8) is 0 Å². The van der Waals surface area contributed by atoms with Gasteiger partial charge in [-0.05, 0) is 18.9 Å². The topological polar surface area (TPSA) is 47.6 Å². The number of hydrogen-bond donors (Lipinski definition) is 1. The fourth-order valence-electron chi connectivity index (χ4n) is 1.99. The quantitative estimate of drug-likeness (QED) is 0.780. The van der Waals surface area contributed by atoms with Gasteiger partial charge in [0.1, 0.15) is 5.75 Å². The van der Waals surface area contributed by atoms with Gasteiger partial charge in [-0.1, -0.05) is 18.2 Å². The lowest BCUT2D eigenvalue weighted by Crippen LogP contribution is -2.29. The summed E-state index contributed by atoms with van der Waals surface area (Å²) in [7, 11) is 3.03. The SMILES string of the molecule is COC(=O)C(CNC1CC1)c1ccccc1OC. The van der Waals surface area contributed by atoms with Crippen molar-refractivity contribution < 1.29 is 14.3 Å². The molecule has 0 heterocycles. The summed E-state index contributed by atoms with van der Waals surface area (Å²) in [5.74, 6) is 0.185. The Kier molecular flexibility index (Phi) is 4.20. The van der Waals surface area contributed by atoms with Crippen molar-refractivity contribution in [2.75, 3.05) is 20.8 Å². The molecule has 2 rings (SSSR count). The van der Waals surface area contributed by atoms with Gasteiger partial charge < -0.3 is 14.8 Å². The molecule has 1 saturated carbocycles. The van der Waals surface area contributed by atoms with Gasteiger partial charge in [0.25, 0.3) is 0 Å². The third-order valence-corrected chi connectivity index (χ3v) is 3.19. The van der Waals surface area contributed by atoms with Crippen molar-refractivity contribution in [2.24, 2.45) is 0 Å². The van der Waals surface area contributed by atoms with E-state index in [1.807, 2.05) is 24.3 Å². The molecule has 1 N–H and O–H groups in total.